The van der Waals surface area contributed by atoms with Crippen molar-refractivity contribution in [2.45, 2.75) is 6.04 Å². The van der Waals surface area contributed by atoms with Gasteiger partial charge < -0.3 is 15.0 Å². The Bertz CT molecular complexity index is 299. The second kappa shape index (κ2) is 6.01. The Morgan fingerprint density at radius 1 is 1.41 bits per heavy atom. The Balaban J connectivity index is 1.79. The minimum Gasteiger partial charge on any atom is -0.378 e. The van der Waals surface area contributed by atoms with Crippen LogP contribution in [0.1, 0.15) is 0 Å². The highest BCUT2D eigenvalue weighted by Crippen LogP contribution is 2.05. The first-order chi connectivity index (χ1) is 8.31. The lowest BCUT2D eigenvalue weighted by molar-refractivity contribution is -0.138. The molecule has 1 atom stereocenters. The second-order valence-corrected chi connectivity index (χ2v) is 4.39. The molecule has 1 amide bonds. The SMILES string of the molecule is C#CCN1CCN(C(=O)C2COCCN2)CC1. The van der Waals surface area contributed by atoms with Gasteiger partial charge in [-0.05, 0) is 0 Å². The van der Waals surface area contributed by atoms with Crippen molar-refractivity contribution in [2.24, 2.45) is 0 Å². The summed E-state index contributed by atoms with van der Waals surface area (Å²) < 4.78 is 5.31. The third-order valence-corrected chi connectivity index (χ3v) is 3.22. The number of piperazine rings is 1. The van der Waals surface area contributed by atoms with Crippen LogP contribution in [0.25, 0.3) is 0 Å². The lowest BCUT2D eigenvalue weighted by Crippen LogP contribution is -2.57. The van der Waals surface area contributed by atoms with Crippen LogP contribution in [0.4, 0.5) is 0 Å². The number of nitrogens with one attached hydrogen (secondary N) is 1. The summed E-state index contributed by atoms with van der Waals surface area (Å²) in [5.41, 5.74) is 0. The third kappa shape index (κ3) is 3.19. The number of hydrogen-bond acceptors (Lipinski definition) is 4. The fraction of sp³-hybridized carbons (Fsp3) is 0.750. The molecule has 1 N–H and O–H groups in total. The first-order valence-electron chi connectivity index (χ1n) is 6.07. The van der Waals surface area contributed by atoms with Gasteiger partial charge in [0.2, 0.25) is 5.91 Å². The molecule has 0 aromatic heterocycles. The number of carbonyl (C=O) groups is 1. The van der Waals surface area contributed by atoms with E-state index >= 15 is 0 Å². The molecule has 0 bridgehead atoms. The van der Waals surface area contributed by atoms with Crippen LogP contribution < -0.4 is 5.32 Å². The van der Waals surface area contributed by atoms with Gasteiger partial charge in [-0.25, -0.2) is 0 Å². The summed E-state index contributed by atoms with van der Waals surface area (Å²) in [6, 6.07) is -0.164. The summed E-state index contributed by atoms with van der Waals surface area (Å²) in [6.07, 6.45) is 5.27. The summed E-state index contributed by atoms with van der Waals surface area (Å²) in [6.45, 7) is 5.87. The van der Waals surface area contributed by atoms with E-state index in [2.05, 4.69) is 16.1 Å². The zero-order valence-corrected chi connectivity index (χ0v) is 10.0. The number of amides is 1. The number of nitrogens with zero attached hydrogens (tertiary/aromatic N) is 2. The van der Waals surface area contributed by atoms with Crippen molar-refractivity contribution in [1.82, 2.24) is 15.1 Å². The highest BCUT2D eigenvalue weighted by molar-refractivity contribution is 5.82. The molecule has 17 heavy (non-hydrogen) atoms. The van der Waals surface area contributed by atoms with Crippen LogP contribution in [0.5, 0.6) is 0 Å². The van der Waals surface area contributed by atoms with Gasteiger partial charge in [-0.15, -0.1) is 6.42 Å². The van der Waals surface area contributed by atoms with E-state index in [1.807, 2.05) is 4.90 Å². The zero-order valence-electron chi connectivity index (χ0n) is 10.0. The van der Waals surface area contributed by atoms with Crippen LogP contribution >= 0.6 is 0 Å². The van der Waals surface area contributed by atoms with E-state index in [-0.39, 0.29) is 11.9 Å². The van der Waals surface area contributed by atoms with Crippen molar-refractivity contribution in [3.8, 4) is 12.3 Å². The van der Waals surface area contributed by atoms with Crippen LogP contribution in [0.3, 0.4) is 0 Å². The maximum absolute atomic E-state index is 12.1. The zero-order chi connectivity index (χ0) is 12.1. The van der Waals surface area contributed by atoms with E-state index in [9.17, 15) is 4.79 Å². The molecule has 2 rings (SSSR count). The largest absolute Gasteiger partial charge is 0.378 e. The molecule has 0 radical (unpaired) electrons. The number of terminal acetylenes is 1. The topological polar surface area (TPSA) is 44.8 Å². The van der Waals surface area contributed by atoms with E-state index in [4.69, 9.17) is 11.2 Å². The molecular weight excluding hydrogens is 218 g/mol. The van der Waals surface area contributed by atoms with Crippen LogP contribution in [0, 0.1) is 12.3 Å². The number of ether oxygens (including phenoxy) is 1. The first kappa shape index (κ1) is 12.4. The van der Waals surface area contributed by atoms with Crippen molar-refractivity contribution in [2.75, 3.05) is 52.5 Å². The van der Waals surface area contributed by atoms with Crippen molar-refractivity contribution < 1.29 is 9.53 Å². The monoisotopic (exact) mass is 237 g/mol. The van der Waals surface area contributed by atoms with Crippen LogP contribution in [0.15, 0.2) is 0 Å². The molecule has 2 heterocycles. The highest BCUT2D eigenvalue weighted by Gasteiger charge is 2.28. The number of morpholine rings is 1. The summed E-state index contributed by atoms with van der Waals surface area (Å²) in [4.78, 5) is 16.2. The highest BCUT2D eigenvalue weighted by atomic mass is 16.5. The molecular formula is C12H19N3O2. The fourth-order valence-electron chi connectivity index (χ4n) is 2.20. The van der Waals surface area contributed by atoms with Gasteiger partial charge in [-0.2, -0.15) is 0 Å². The maximum atomic E-state index is 12.1. The number of carbonyl (C=O) groups excluding carboxylic acids is 1. The predicted octanol–water partition coefficient (Wildman–Crippen LogP) is -1.25. The summed E-state index contributed by atoms with van der Waals surface area (Å²) >= 11 is 0. The lowest BCUT2D eigenvalue weighted by atomic mass is 10.2. The van der Waals surface area contributed by atoms with Crippen LogP contribution in [-0.4, -0.2) is 74.2 Å². The Morgan fingerprint density at radius 2 is 2.18 bits per heavy atom. The molecule has 0 aromatic rings. The lowest BCUT2D eigenvalue weighted by Gasteiger charge is -2.36. The second-order valence-electron chi connectivity index (χ2n) is 4.39. The number of rotatable bonds is 2. The van der Waals surface area contributed by atoms with Gasteiger partial charge in [0, 0.05) is 32.7 Å². The molecule has 2 aliphatic heterocycles. The molecule has 0 saturated carbocycles. The predicted molar refractivity (Wildman–Crippen MR) is 64.5 cm³/mol. The smallest absolute Gasteiger partial charge is 0.242 e. The molecule has 0 spiro atoms. The summed E-state index contributed by atoms with van der Waals surface area (Å²) in [7, 11) is 0. The van der Waals surface area contributed by atoms with Gasteiger partial charge in [0.25, 0.3) is 0 Å². The van der Waals surface area contributed by atoms with Crippen molar-refractivity contribution >= 4 is 5.91 Å². The Hall–Kier alpha value is -1.09. The van der Waals surface area contributed by atoms with Gasteiger partial charge in [-0.3, -0.25) is 9.69 Å². The third-order valence-electron chi connectivity index (χ3n) is 3.22. The first-order valence-corrected chi connectivity index (χ1v) is 6.07. The van der Waals surface area contributed by atoms with Gasteiger partial charge in [0.15, 0.2) is 0 Å². The Labute approximate surface area is 102 Å². The standard InChI is InChI=1S/C12H19N3O2/c1-2-4-14-5-7-15(8-6-14)12(16)11-10-17-9-3-13-11/h1,11,13H,3-10H2. The summed E-state index contributed by atoms with van der Waals surface area (Å²) in [5, 5.41) is 3.19. The van der Waals surface area contributed by atoms with Crippen LogP contribution in [0.2, 0.25) is 0 Å². The molecule has 5 heteroatoms. The van der Waals surface area contributed by atoms with E-state index in [1.165, 1.54) is 0 Å². The minimum atomic E-state index is -0.164. The van der Waals surface area contributed by atoms with Crippen molar-refractivity contribution in [3.63, 3.8) is 0 Å². The van der Waals surface area contributed by atoms with Gasteiger partial charge in [0.1, 0.15) is 6.04 Å². The molecule has 94 valence electrons. The molecule has 0 aliphatic carbocycles. The van der Waals surface area contributed by atoms with Gasteiger partial charge in [-0.1, -0.05) is 5.92 Å². The van der Waals surface area contributed by atoms with Gasteiger partial charge in [0.05, 0.1) is 19.8 Å². The summed E-state index contributed by atoms with van der Waals surface area (Å²) in [5.74, 6) is 2.79. The molecule has 1 unspecified atom stereocenters. The molecule has 2 saturated heterocycles. The molecule has 0 aromatic carbocycles. The average Bonchev–Trinajstić information content (AvgIpc) is 2.40. The van der Waals surface area contributed by atoms with E-state index in [0.717, 1.165) is 32.7 Å². The van der Waals surface area contributed by atoms with Crippen molar-refractivity contribution in [1.29, 1.82) is 0 Å². The van der Waals surface area contributed by atoms with E-state index in [1.54, 1.807) is 0 Å². The Morgan fingerprint density at radius 3 is 2.76 bits per heavy atom. The molecule has 5 nitrogen and oxygen atoms in total. The fourth-order valence-corrected chi connectivity index (χ4v) is 2.20. The van der Waals surface area contributed by atoms with E-state index < -0.39 is 0 Å². The number of hydrogen-bond donors (Lipinski definition) is 1. The normalized spacial score (nSPS) is 26.5. The van der Waals surface area contributed by atoms with Crippen molar-refractivity contribution in [3.05, 3.63) is 0 Å². The van der Waals surface area contributed by atoms with E-state index in [0.29, 0.717) is 19.8 Å². The minimum absolute atomic E-state index is 0.157. The van der Waals surface area contributed by atoms with Crippen LogP contribution in [-0.2, 0) is 9.53 Å². The van der Waals surface area contributed by atoms with Gasteiger partial charge >= 0.3 is 0 Å². The maximum Gasteiger partial charge on any atom is 0.242 e. The average molecular weight is 237 g/mol. The Kier molecular flexibility index (Phi) is 4.37. The molecule has 2 fully saturated rings. The quantitative estimate of drug-likeness (QED) is 0.610. The molecule has 2 aliphatic rings.